The normalized spacial score (nSPS) is 14.3. The molecule has 0 aromatic heterocycles. The highest BCUT2D eigenvalue weighted by molar-refractivity contribution is 7.65. The first-order valence-electron chi connectivity index (χ1n) is 3.75. The lowest BCUT2D eigenvalue weighted by Crippen LogP contribution is -1.96. The molecule has 0 amide bonds. The van der Waals surface area contributed by atoms with Crippen LogP contribution in [0.5, 0.6) is 0 Å². The maximum Gasteiger partial charge on any atom is -0.00649 e. The SMILES string of the molecule is CCC(P)P(CC)CC. The van der Waals surface area contributed by atoms with Gasteiger partial charge in [-0.3, -0.25) is 0 Å². The Kier molecular flexibility index (Phi) is 6.17. The molecular weight excluding hydrogens is 146 g/mol. The third kappa shape index (κ3) is 3.54. The van der Waals surface area contributed by atoms with E-state index in [1.807, 2.05) is 0 Å². The van der Waals surface area contributed by atoms with Gasteiger partial charge in [0.05, 0.1) is 0 Å². The number of rotatable bonds is 4. The maximum absolute atomic E-state index is 2.97. The van der Waals surface area contributed by atoms with Gasteiger partial charge in [-0.1, -0.05) is 20.8 Å². The Morgan fingerprint density at radius 2 is 1.67 bits per heavy atom. The van der Waals surface area contributed by atoms with Gasteiger partial charge in [-0.05, 0) is 24.1 Å². The van der Waals surface area contributed by atoms with Crippen LogP contribution in [0.4, 0.5) is 0 Å². The van der Waals surface area contributed by atoms with Crippen molar-refractivity contribution in [2.75, 3.05) is 12.3 Å². The summed E-state index contributed by atoms with van der Waals surface area (Å²) in [5.74, 6) is 0. The summed E-state index contributed by atoms with van der Waals surface area (Å²) in [5.41, 5.74) is 0. The van der Waals surface area contributed by atoms with Gasteiger partial charge in [0.1, 0.15) is 0 Å². The fourth-order valence-electron chi connectivity index (χ4n) is 0.951. The van der Waals surface area contributed by atoms with Crippen molar-refractivity contribution in [3.63, 3.8) is 0 Å². The summed E-state index contributed by atoms with van der Waals surface area (Å²) in [7, 11) is 3.31. The van der Waals surface area contributed by atoms with Crippen LogP contribution in [0.1, 0.15) is 27.2 Å². The maximum atomic E-state index is 2.97. The van der Waals surface area contributed by atoms with Crippen LogP contribution in [0.15, 0.2) is 0 Å². The van der Waals surface area contributed by atoms with Crippen molar-refractivity contribution < 1.29 is 0 Å². The minimum atomic E-state index is 0.345. The third-order valence-electron chi connectivity index (χ3n) is 1.70. The van der Waals surface area contributed by atoms with Crippen LogP contribution in [0, 0.1) is 0 Å². The summed E-state index contributed by atoms with van der Waals surface area (Å²) in [6.07, 6.45) is 4.12. The molecule has 0 N–H and O–H groups in total. The molecule has 0 spiro atoms. The summed E-state index contributed by atoms with van der Waals surface area (Å²) >= 11 is 0. The van der Waals surface area contributed by atoms with Crippen LogP contribution in [0.2, 0.25) is 0 Å². The van der Waals surface area contributed by atoms with E-state index in [0.717, 1.165) is 5.40 Å². The first-order chi connectivity index (χ1) is 4.26. The third-order valence-corrected chi connectivity index (χ3v) is 6.36. The highest BCUT2D eigenvalue weighted by atomic mass is 31.2. The molecule has 0 aromatic rings. The average Bonchev–Trinajstić information content (AvgIpc) is 1.90. The molecule has 2 unspecified atom stereocenters. The first kappa shape index (κ1) is 9.86. The second-order valence-electron chi connectivity index (χ2n) is 2.20. The monoisotopic (exact) mass is 164 g/mol. The van der Waals surface area contributed by atoms with E-state index in [-0.39, 0.29) is 0 Å². The molecule has 56 valence electrons. The molecular formula is C7H18P2. The number of hydrogen-bond donors (Lipinski definition) is 0. The predicted molar refractivity (Wildman–Crippen MR) is 51.8 cm³/mol. The summed E-state index contributed by atoms with van der Waals surface area (Å²) in [5, 5.41) is 0.912. The lowest BCUT2D eigenvalue weighted by atomic mass is 10.6. The molecule has 0 saturated carbocycles. The molecule has 2 heteroatoms. The van der Waals surface area contributed by atoms with Gasteiger partial charge in [-0.2, -0.15) is 0 Å². The predicted octanol–water partition coefficient (Wildman–Crippen LogP) is 3.12. The van der Waals surface area contributed by atoms with Crippen LogP contribution < -0.4 is 0 Å². The topological polar surface area (TPSA) is 0 Å². The van der Waals surface area contributed by atoms with Crippen molar-refractivity contribution in [1.29, 1.82) is 0 Å². The Balaban J connectivity index is 3.50. The molecule has 0 bridgehead atoms. The van der Waals surface area contributed by atoms with E-state index in [4.69, 9.17) is 0 Å². The fraction of sp³-hybridized carbons (Fsp3) is 1.00. The smallest absolute Gasteiger partial charge is 0.00649 e. The zero-order valence-electron chi connectivity index (χ0n) is 6.72. The average molecular weight is 164 g/mol. The zero-order valence-corrected chi connectivity index (χ0v) is 8.77. The fourth-order valence-corrected chi connectivity index (χ4v) is 4.12. The van der Waals surface area contributed by atoms with E-state index in [2.05, 4.69) is 30.0 Å². The van der Waals surface area contributed by atoms with Crippen molar-refractivity contribution in [2.45, 2.75) is 32.6 Å². The molecule has 0 saturated heterocycles. The molecule has 0 aliphatic carbocycles. The van der Waals surface area contributed by atoms with Gasteiger partial charge >= 0.3 is 0 Å². The lowest BCUT2D eigenvalue weighted by Gasteiger charge is -2.19. The highest BCUT2D eigenvalue weighted by Crippen LogP contribution is 2.45. The van der Waals surface area contributed by atoms with Crippen molar-refractivity contribution >= 4 is 17.2 Å². The van der Waals surface area contributed by atoms with Gasteiger partial charge in [0.15, 0.2) is 0 Å². The van der Waals surface area contributed by atoms with E-state index in [9.17, 15) is 0 Å². The van der Waals surface area contributed by atoms with Crippen LogP contribution >= 0.6 is 17.2 Å². The van der Waals surface area contributed by atoms with Crippen molar-refractivity contribution in [1.82, 2.24) is 0 Å². The van der Waals surface area contributed by atoms with Crippen LogP contribution in [-0.2, 0) is 0 Å². The quantitative estimate of drug-likeness (QED) is 0.560. The summed E-state index contributed by atoms with van der Waals surface area (Å²) in [4.78, 5) is 0. The van der Waals surface area contributed by atoms with E-state index >= 15 is 0 Å². The standard InChI is InChI=1S/C7H18P2/c1-4-7(8)9(5-2)6-3/h7H,4-6,8H2,1-3H3. The van der Waals surface area contributed by atoms with Crippen molar-refractivity contribution in [2.24, 2.45) is 0 Å². The first-order valence-corrected chi connectivity index (χ1v) is 6.20. The van der Waals surface area contributed by atoms with E-state index < -0.39 is 0 Å². The number of hydrogen-bond acceptors (Lipinski definition) is 0. The Morgan fingerprint density at radius 1 is 1.22 bits per heavy atom. The molecule has 0 aliphatic heterocycles. The Bertz CT molecular complexity index is 59.9. The van der Waals surface area contributed by atoms with E-state index in [0.29, 0.717) is 7.92 Å². The molecule has 0 aromatic carbocycles. The molecule has 0 heterocycles. The molecule has 0 aliphatic rings. The second kappa shape index (κ2) is 5.63. The molecule has 0 fully saturated rings. The molecule has 0 rings (SSSR count). The summed E-state index contributed by atoms with van der Waals surface area (Å²) in [6, 6.07) is 0. The molecule has 0 radical (unpaired) electrons. The molecule has 0 nitrogen and oxygen atoms in total. The lowest BCUT2D eigenvalue weighted by molar-refractivity contribution is 1.04. The van der Waals surface area contributed by atoms with Gasteiger partial charge in [0.2, 0.25) is 0 Å². The van der Waals surface area contributed by atoms with Crippen molar-refractivity contribution in [3.8, 4) is 0 Å². The summed E-state index contributed by atoms with van der Waals surface area (Å²) < 4.78 is 0. The van der Waals surface area contributed by atoms with Gasteiger partial charge < -0.3 is 0 Å². The van der Waals surface area contributed by atoms with Gasteiger partial charge in [-0.15, -0.1) is 17.2 Å². The minimum absolute atomic E-state index is 0.345. The molecule has 2 atom stereocenters. The van der Waals surface area contributed by atoms with E-state index in [1.165, 1.54) is 18.7 Å². The summed E-state index contributed by atoms with van der Waals surface area (Å²) in [6.45, 7) is 6.89. The molecule has 9 heavy (non-hydrogen) atoms. The van der Waals surface area contributed by atoms with Crippen LogP contribution in [-0.4, -0.2) is 17.7 Å². The largest absolute Gasteiger partial charge is 0.130 e. The van der Waals surface area contributed by atoms with Crippen LogP contribution in [0.3, 0.4) is 0 Å². The highest BCUT2D eigenvalue weighted by Gasteiger charge is 2.09. The van der Waals surface area contributed by atoms with Crippen molar-refractivity contribution in [3.05, 3.63) is 0 Å². The van der Waals surface area contributed by atoms with Gasteiger partial charge in [0.25, 0.3) is 0 Å². The Hall–Kier alpha value is 0.860. The Morgan fingerprint density at radius 3 is 1.78 bits per heavy atom. The van der Waals surface area contributed by atoms with Gasteiger partial charge in [0, 0.05) is 0 Å². The Labute approximate surface area is 62.8 Å². The zero-order chi connectivity index (χ0) is 7.28. The minimum Gasteiger partial charge on any atom is -0.130 e. The second-order valence-corrected chi connectivity index (χ2v) is 6.67. The van der Waals surface area contributed by atoms with E-state index in [1.54, 1.807) is 0 Å². The van der Waals surface area contributed by atoms with Crippen LogP contribution in [0.25, 0.3) is 0 Å². The van der Waals surface area contributed by atoms with Gasteiger partial charge in [-0.25, -0.2) is 0 Å².